The van der Waals surface area contributed by atoms with Gasteiger partial charge in [-0.15, -0.1) is 11.8 Å². The molecule has 2 amide bonds. The van der Waals surface area contributed by atoms with Gasteiger partial charge in [0.25, 0.3) is 5.91 Å². The van der Waals surface area contributed by atoms with Crippen LogP contribution in [0.2, 0.25) is 0 Å². The van der Waals surface area contributed by atoms with E-state index < -0.39 is 5.91 Å². The molecule has 0 atom stereocenters. The third-order valence-corrected chi connectivity index (χ3v) is 4.75. The highest BCUT2D eigenvalue weighted by molar-refractivity contribution is 8.00. The number of aromatic nitrogens is 1. The normalized spacial score (nSPS) is 11.0. The Morgan fingerprint density at radius 1 is 1.23 bits per heavy atom. The van der Waals surface area contributed by atoms with Crippen LogP contribution >= 0.6 is 11.8 Å². The molecular weight excluding hydrogens is 350 g/mol. The SMILES string of the molecule is CC(C)c1nc2cc(NC(=O)c3ccccc3SCC(N)=O)ccc2o1. The molecule has 2 aromatic carbocycles. The highest BCUT2D eigenvalue weighted by atomic mass is 32.2. The van der Waals surface area contributed by atoms with Gasteiger partial charge < -0.3 is 15.5 Å². The molecule has 3 N–H and O–H groups in total. The molecular formula is C19H19N3O3S. The average molecular weight is 369 g/mol. The van der Waals surface area contributed by atoms with Crippen LogP contribution in [0.25, 0.3) is 11.1 Å². The first-order valence-electron chi connectivity index (χ1n) is 8.16. The number of thioether (sulfide) groups is 1. The molecule has 0 unspecified atom stereocenters. The van der Waals surface area contributed by atoms with Gasteiger partial charge in [0.2, 0.25) is 5.91 Å². The summed E-state index contributed by atoms with van der Waals surface area (Å²) < 4.78 is 5.68. The number of anilines is 1. The Morgan fingerprint density at radius 3 is 2.73 bits per heavy atom. The largest absolute Gasteiger partial charge is 0.440 e. The highest BCUT2D eigenvalue weighted by Crippen LogP contribution is 2.26. The lowest BCUT2D eigenvalue weighted by Gasteiger charge is -2.09. The number of benzene rings is 2. The maximum absolute atomic E-state index is 12.6. The number of carbonyl (C=O) groups excluding carboxylic acids is 2. The molecule has 0 saturated heterocycles. The summed E-state index contributed by atoms with van der Waals surface area (Å²) >= 11 is 1.24. The van der Waals surface area contributed by atoms with Gasteiger partial charge in [0, 0.05) is 16.5 Å². The van der Waals surface area contributed by atoms with Crippen LogP contribution < -0.4 is 11.1 Å². The van der Waals surface area contributed by atoms with Gasteiger partial charge in [-0.05, 0) is 30.3 Å². The average Bonchev–Trinajstić information content (AvgIpc) is 3.04. The Balaban J connectivity index is 1.81. The van der Waals surface area contributed by atoms with Gasteiger partial charge in [0.05, 0.1) is 11.3 Å². The fraction of sp³-hybridized carbons (Fsp3) is 0.211. The third kappa shape index (κ3) is 4.05. The van der Waals surface area contributed by atoms with Gasteiger partial charge in [-0.25, -0.2) is 4.98 Å². The third-order valence-electron chi connectivity index (χ3n) is 3.66. The van der Waals surface area contributed by atoms with Crippen LogP contribution in [0.15, 0.2) is 51.8 Å². The van der Waals surface area contributed by atoms with E-state index in [1.807, 2.05) is 19.9 Å². The van der Waals surface area contributed by atoms with Crippen LogP contribution in [0.4, 0.5) is 5.69 Å². The number of primary amides is 1. The molecule has 0 aliphatic rings. The predicted molar refractivity (Wildman–Crippen MR) is 102 cm³/mol. The van der Waals surface area contributed by atoms with Gasteiger partial charge in [-0.3, -0.25) is 9.59 Å². The van der Waals surface area contributed by atoms with Gasteiger partial charge in [-0.1, -0.05) is 26.0 Å². The summed E-state index contributed by atoms with van der Waals surface area (Å²) in [5.41, 5.74) is 7.68. The van der Waals surface area contributed by atoms with Crippen molar-refractivity contribution in [2.24, 2.45) is 5.73 Å². The molecule has 0 aliphatic heterocycles. The molecule has 6 nitrogen and oxygen atoms in total. The molecule has 0 bridgehead atoms. The summed E-state index contributed by atoms with van der Waals surface area (Å²) in [5, 5.41) is 2.87. The van der Waals surface area contributed by atoms with Crippen LogP contribution in [0.1, 0.15) is 36.0 Å². The minimum atomic E-state index is -0.428. The number of hydrogen-bond donors (Lipinski definition) is 2. The first-order valence-corrected chi connectivity index (χ1v) is 9.14. The van der Waals surface area contributed by atoms with E-state index in [2.05, 4.69) is 10.3 Å². The highest BCUT2D eigenvalue weighted by Gasteiger charge is 2.14. The zero-order valence-corrected chi connectivity index (χ0v) is 15.3. The summed E-state index contributed by atoms with van der Waals surface area (Å²) in [6.07, 6.45) is 0. The molecule has 0 saturated carbocycles. The van der Waals surface area contributed by atoms with Crippen LogP contribution in [0, 0.1) is 0 Å². The number of carbonyl (C=O) groups is 2. The predicted octanol–water partition coefficient (Wildman–Crippen LogP) is 3.78. The first kappa shape index (κ1) is 18.0. The second-order valence-electron chi connectivity index (χ2n) is 6.09. The van der Waals surface area contributed by atoms with Crippen LogP contribution in [-0.4, -0.2) is 22.6 Å². The Labute approximate surface area is 155 Å². The Bertz CT molecular complexity index is 966. The molecule has 134 valence electrons. The van der Waals surface area contributed by atoms with E-state index >= 15 is 0 Å². The van der Waals surface area contributed by atoms with Crippen LogP contribution in [-0.2, 0) is 4.79 Å². The molecule has 3 rings (SSSR count). The molecule has 1 aromatic heterocycles. The zero-order valence-electron chi connectivity index (χ0n) is 14.5. The standard InChI is InChI=1S/C19H19N3O3S/c1-11(2)19-22-14-9-12(7-8-15(14)25-19)21-18(24)13-5-3-4-6-16(13)26-10-17(20)23/h3-9,11H,10H2,1-2H3,(H2,20,23)(H,21,24). The van der Waals surface area contributed by atoms with Crippen LogP contribution in [0.5, 0.6) is 0 Å². The van der Waals surface area contributed by atoms with Gasteiger partial charge >= 0.3 is 0 Å². The van der Waals surface area contributed by atoms with Gasteiger partial charge in [0.15, 0.2) is 11.5 Å². The van der Waals surface area contributed by atoms with Crippen molar-refractivity contribution in [1.82, 2.24) is 4.98 Å². The number of oxazole rings is 1. The second kappa shape index (κ2) is 7.61. The van der Waals surface area contributed by atoms with E-state index in [0.29, 0.717) is 33.1 Å². The maximum atomic E-state index is 12.6. The molecule has 26 heavy (non-hydrogen) atoms. The summed E-state index contributed by atoms with van der Waals surface area (Å²) in [7, 11) is 0. The summed E-state index contributed by atoms with van der Waals surface area (Å²) in [6, 6.07) is 12.4. The van der Waals surface area contributed by atoms with E-state index in [1.54, 1.807) is 36.4 Å². The number of nitrogens with zero attached hydrogens (tertiary/aromatic N) is 1. The number of amides is 2. The van der Waals surface area contributed by atoms with E-state index in [1.165, 1.54) is 11.8 Å². The van der Waals surface area contributed by atoms with Crippen molar-refractivity contribution in [2.45, 2.75) is 24.7 Å². The summed E-state index contributed by atoms with van der Waals surface area (Å²) in [5.74, 6) is 0.283. The minimum absolute atomic E-state index is 0.118. The Kier molecular flexibility index (Phi) is 5.27. The van der Waals surface area contributed by atoms with E-state index in [0.717, 1.165) is 0 Å². The maximum Gasteiger partial charge on any atom is 0.256 e. The lowest BCUT2D eigenvalue weighted by Crippen LogP contribution is -2.15. The van der Waals surface area contributed by atoms with Crippen molar-refractivity contribution < 1.29 is 14.0 Å². The van der Waals surface area contributed by atoms with Crippen molar-refractivity contribution in [2.75, 3.05) is 11.1 Å². The fourth-order valence-corrected chi connectivity index (χ4v) is 3.19. The van der Waals surface area contributed by atoms with Crippen molar-refractivity contribution >= 4 is 40.4 Å². The van der Waals surface area contributed by atoms with E-state index in [-0.39, 0.29) is 17.6 Å². The topological polar surface area (TPSA) is 98.2 Å². The van der Waals surface area contributed by atoms with Crippen molar-refractivity contribution in [3.63, 3.8) is 0 Å². The van der Waals surface area contributed by atoms with Crippen molar-refractivity contribution in [3.05, 3.63) is 53.9 Å². The Morgan fingerprint density at radius 2 is 2.00 bits per heavy atom. The van der Waals surface area contributed by atoms with E-state index in [9.17, 15) is 9.59 Å². The summed E-state index contributed by atoms with van der Waals surface area (Å²) in [4.78, 5) is 28.8. The first-order chi connectivity index (χ1) is 12.4. The van der Waals surface area contributed by atoms with Crippen molar-refractivity contribution in [3.8, 4) is 0 Å². The smallest absolute Gasteiger partial charge is 0.256 e. The number of fused-ring (bicyclic) bond motifs is 1. The molecule has 0 fully saturated rings. The van der Waals surface area contributed by atoms with Crippen molar-refractivity contribution in [1.29, 1.82) is 0 Å². The summed E-state index contributed by atoms with van der Waals surface area (Å²) in [6.45, 7) is 4.02. The second-order valence-corrected chi connectivity index (χ2v) is 7.11. The van der Waals surface area contributed by atoms with E-state index in [4.69, 9.17) is 10.2 Å². The number of hydrogen-bond acceptors (Lipinski definition) is 5. The number of rotatable bonds is 6. The lowest BCUT2D eigenvalue weighted by molar-refractivity contribution is -0.115. The fourth-order valence-electron chi connectivity index (χ4n) is 2.40. The van der Waals surface area contributed by atoms with Gasteiger partial charge in [-0.2, -0.15) is 0 Å². The molecule has 1 heterocycles. The van der Waals surface area contributed by atoms with Crippen LogP contribution in [0.3, 0.4) is 0 Å². The quantitative estimate of drug-likeness (QED) is 0.644. The number of nitrogens with one attached hydrogen (secondary N) is 1. The number of nitrogens with two attached hydrogens (primary N) is 1. The molecule has 0 aliphatic carbocycles. The molecule has 3 aromatic rings. The molecule has 7 heteroatoms. The molecule has 0 spiro atoms. The monoisotopic (exact) mass is 369 g/mol. The van der Waals surface area contributed by atoms with Gasteiger partial charge in [0.1, 0.15) is 5.52 Å². The zero-order chi connectivity index (χ0) is 18.7. The minimum Gasteiger partial charge on any atom is -0.440 e. The molecule has 0 radical (unpaired) electrons. The lowest BCUT2D eigenvalue weighted by atomic mass is 10.2. The Hall–Kier alpha value is -2.80.